The molecule has 0 spiro atoms. The highest BCUT2D eigenvalue weighted by atomic mass is 79.9. The molecule has 25 heavy (non-hydrogen) atoms. The quantitative estimate of drug-likeness (QED) is 0.763. The number of nitrogens with zero attached hydrogens (tertiary/aromatic N) is 2. The molecule has 1 fully saturated rings. The maximum Gasteiger partial charge on any atom is 0.260 e. The van der Waals surface area contributed by atoms with Crippen LogP contribution in [0, 0.1) is 5.82 Å². The van der Waals surface area contributed by atoms with Gasteiger partial charge in [-0.2, -0.15) is 0 Å². The van der Waals surface area contributed by atoms with Crippen LogP contribution < -0.4 is 4.74 Å². The predicted molar refractivity (Wildman–Crippen MR) is 97.9 cm³/mol. The molecule has 0 saturated carbocycles. The van der Waals surface area contributed by atoms with E-state index in [-0.39, 0.29) is 18.3 Å². The van der Waals surface area contributed by atoms with Crippen molar-refractivity contribution in [2.24, 2.45) is 0 Å². The van der Waals surface area contributed by atoms with Crippen LogP contribution in [0.5, 0.6) is 5.75 Å². The molecule has 1 heterocycles. The topological polar surface area (TPSA) is 32.8 Å². The third-order valence-electron chi connectivity index (χ3n) is 4.22. The van der Waals surface area contributed by atoms with E-state index in [4.69, 9.17) is 4.74 Å². The molecular weight excluding hydrogens is 387 g/mol. The lowest BCUT2D eigenvalue weighted by Crippen LogP contribution is -2.49. The molecule has 0 aromatic heterocycles. The Labute approximate surface area is 155 Å². The number of amides is 1. The van der Waals surface area contributed by atoms with E-state index in [1.54, 1.807) is 11.0 Å². The van der Waals surface area contributed by atoms with Gasteiger partial charge in [0.05, 0.1) is 0 Å². The third kappa shape index (κ3) is 5.03. The Kier molecular flexibility index (Phi) is 6.04. The van der Waals surface area contributed by atoms with Gasteiger partial charge in [0.2, 0.25) is 0 Å². The molecule has 1 aliphatic heterocycles. The fraction of sp³-hybridized carbons (Fsp3) is 0.316. The molecule has 0 aliphatic carbocycles. The molecule has 1 aliphatic rings. The molecule has 2 aromatic rings. The molecule has 0 radical (unpaired) electrons. The van der Waals surface area contributed by atoms with E-state index < -0.39 is 5.82 Å². The summed E-state index contributed by atoms with van der Waals surface area (Å²) in [5.74, 6) is -0.490. The van der Waals surface area contributed by atoms with Gasteiger partial charge >= 0.3 is 0 Å². The minimum absolute atomic E-state index is 0.0965. The summed E-state index contributed by atoms with van der Waals surface area (Å²) in [6, 6.07) is 14.8. The van der Waals surface area contributed by atoms with Gasteiger partial charge in [0.1, 0.15) is 0 Å². The van der Waals surface area contributed by atoms with Crippen molar-refractivity contribution >= 4 is 21.8 Å². The molecule has 2 aromatic carbocycles. The van der Waals surface area contributed by atoms with Crippen molar-refractivity contribution in [2.45, 2.75) is 6.54 Å². The second-order valence-electron chi connectivity index (χ2n) is 6.01. The first-order valence-electron chi connectivity index (χ1n) is 8.24. The summed E-state index contributed by atoms with van der Waals surface area (Å²) in [5, 5.41) is 0. The molecule has 1 saturated heterocycles. The monoisotopic (exact) mass is 406 g/mol. The van der Waals surface area contributed by atoms with E-state index in [1.807, 2.05) is 18.2 Å². The third-order valence-corrected chi connectivity index (χ3v) is 4.71. The Morgan fingerprint density at radius 3 is 2.48 bits per heavy atom. The average Bonchev–Trinajstić information content (AvgIpc) is 2.62. The number of ether oxygens (including phenoxy) is 1. The summed E-state index contributed by atoms with van der Waals surface area (Å²) >= 11 is 3.19. The largest absolute Gasteiger partial charge is 0.481 e. The molecule has 4 nitrogen and oxygen atoms in total. The number of hydrogen-bond acceptors (Lipinski definition) is 3. The number of carbonyl (C=O) groups excluding carboxylic acids is 1. The number of piperazine rings is 1. The van der Waals surface area contributed by atoms with Gasteiger partial charge in [0.25, 0.3) is 5.91 Å². The molecular formula is C19H20BrFN2O2. The lowest BCUT2D eigenvalue weighted by Gasteiger charge is -2.34. The minimum Gasteiger partial charge on any atom is -0.481 e. The molecule has 0 N–H and O–H groups in total. The molecule has 0 unspecified atom stereocenters. The normalized spacial score (nSPS) is 15.2. The minimum atomic E-state index is -0.477. The van der Waals surface area contributed by atoms with Crippen molar-refractivity contribution in [2.75, 3.05) is 32.8 Å². The van der Waals surface area contributed by atoms with Crippen LogP contribution in [0.15, 0.2) is 53.0 Å². The Bertz CT molecular complexity index is 719. The smallest absolute Gasteiger partial charge is 0.260 e. The molecule has 132 valence electrons. The Morgan fingerprint density at radius 2 is 1.80 bits per heavy atom. The van der Waals surface area contributed by atoms with Gasteiger partial charge in [-0.1, -0.05) is 46.3 Å². The van der Waals surface area contributed by atoms with Gasteiger partial charge in [-0.05, 0) is 23.8 Å². The van der Waals surface area contributed by atoms with Crippen LogP contribution in [0.1, 0.15) is 5.56 Å². The Balaban J connectivity index is 1.45. The van der Waals surface area contributed by atoms with Gasteiger partial charge in [-0.3, -0.25) is 9.69 Å². The SMILES string of the molecule is O=C(COc1ccc(Br)cc1F)N1CCN(Cc2ccccc2)CC1. The van der Waals surface area contributed by atoms with Gasteiger partial charge in [0.15, 0.2) is 18.2 Å². The standard InChI is InChI=1S/C19H20BrFN2O2/c20-16-6-7-18(17(21)12-16)25-14-19(24)23-10-8-22(9-11-23)13-15-4-2-1-3-5-15/h1-7,12H,8-11,13-14H2. The van der Waals surface area contributed by atoms with Gasteiger partial charge < -0.3 is 9.64 Å². The lowest BCUT2D eigenvalue weighted by molar-refractivity contribution is -0.135. The molecule has 0 atom stereocenters. The number of halogens is 2. The highest BCUT2D eigenvalue weighted by Crippen LogP contribution is 2.21. The Hall–Kier alpha value is -1.92. The molecule has 3 rings (SSSR count). The fourth-order valence-corrected chi connectivity index (χ4v) is 3.15. The van der Waals surface area contributed by atoms with E-state index in [9.17, 15) is 9.18 Å². The summed E-state index contributed by atoms with van der Waals surface area (Å²) in [6.07, 6.45) is 0. The first kappa shape index (κ1) is 17.9. The van der Waals surface area contributed by atoms with Crippen LogP contribution in [-0.2, 0) is 11.3 Å². The lowest BCUT2D eigenvalue weighted by atomic mass is 10.2. The zero-order chi connectivity index (χ0) is 17.6. The maximum absolute atomic E-state index is 13.7. The first-order valence-corrected chi connectivity index (χ1v) is 9.03. The van der Waals surface area contributed by atoms with E-state index in [0.29, 0.717) is 17.6 Å². The summed E-state index contributed by atoms with van der Waals surface area (Å²) in [4.78, 5) is 16.4. The van der Waals surface area contributed by atoms with Crippen molar-refractivity contribution in [1.29, 1.82) is 0 Å². The van der Waals surface area contributed by atoms with Crippen LogP contribution in [0.3, 0.4) is 0 Å². The van der Waals surface area contributed by atoms with Gasteiger partial charge in [-0.15, -0.1) is 0 Å². The van der Waals surface area contributed by atoms with Crippen LogP contribution in [0.4, 0.5) is 4.39 Å². The van der Waals surface area contributed by atoms with Crippen LogP contribution >= 0.6 is 15.9 Å². The number of rotatable bonds is 5. The first-order chi connectivity index (χ1) is 12.1. The highest BCUT2D eigenvalue weighted by Gasteiger charge is 2.21. The van der Waals surface area contributed by atoms with Crippen molar-refractivity contribution in [3.8, 4) is 5.75 Å². The van der Waals surface area contributed by atoms with Gasteiger partial charge in [0, 0.05) is 37.2 Å². The second-order valence-corrected chi connectivity index (χ2v) is 6.92. The zero-order valence-electron chi connectivity index (χ0n) is 13.8. The number of benzene rings is 2. The fourth-order valence-electron chi connectivity index (χ4n) is 2.82. The summed E-state index contributed by atoms with van der Waals surface area (Å²) < 4.78 is 19.7. The van der Waals surface area contributed by atoms with E-state index in [0.717, 1.165) is 19.6 Å². The van der Waals surface area contributed by atoms with Gasteiger partial charge in [-0.25, -0.2) is 4.39 Å². The second kappa shape index (κ2) is 8.45. The Morgan fingerprint density at radius 1 is 1.08 bits per heavy atom. The van der Waals surface area contributed by atoms with E-state index in [2.05, 4.69) is 33.0 Å². The molecule has 0 bridgehead atoms. The summed E-state index contributed by atoms with van der Waals surface area (Å²) in [5.41, 5.74) is 1.27. The summed E-state index contributed by atoms with van der Waals surface area (Å²) in [7, 11) is 0. The van der Waals surface area contributed by atoms with Crippen LogP contribution in [0.25, 0.3) is 0 Å². The average molecular weight is 407 g/mol. The maximum atomic E-state index is 13.7. The highest BCUT2D eigenvalue weighted by molar-refractivity contribution is 9.10. The summed E-state index contributed by atoms with van der Waals surface area (Å²) in [6.45, 7) is 3.73. The van der Waals surface area contributed by atoms with Crippen molar-refractivity contribution in [3.63, 3.8) is 0 Å². The molecule has 1 amide bonds. The zero-order valence-corrected chi connectivity index (χ0v) is 15.4. The predicted octanol–water partition coefficient (Wildman–Crippen LogP) is 3.31. The number of hydrogen-bond donors (Lipinski definition) is 0. The van der Waals surface area contributed by atoms with Crippen LogP contribution in [-0.4, -0.2) is 48.5 Å². The van der Waals surface area contributed by atoms with Crippen LogP contribution in [0.2, 0.25) is 0 Å². The van der Waals surface area contributed by atoms with Crippen molar-refractivity contribution < 1.29 is 13.9 Å². The van der Waals surface area contributed by atoms with E-state index in [1.165, 1.54) is 17.7 Å². The van der Waals surface area contributed by atoms with E-state index >= 15 is 0 Å². The van der Waals surface area contributed by atoms with Crippen molar-refractivity contribution in [3.05, 3.63) is 64.4 Å². The molecule has 6 heteroatoms. The van der Waals surface area contributed by atoms with Crippen molar-refractivity contribution in [1.82, 2.24) is 9.80 Å². The number of carbonyl (C=O) groups is 1.